The van der Waals surface area contributed by atoms with Crippen molar-refractivity contribution in [2.24, 2.45) is 11.3 Å². The van der Waals surface area contributed by atoms with Gasteiger partial charge in [0.05, 0.1) is 32.0 Å². The van der Waals surface area contributed by atoms with Crippen molar-refractivity contribution >= 4 is 12.1 Å². The smallest absolute Gasteiger partial charge is 0.411 e. The highest BCUT2D eigenvalue weighted by atomic mass is 16.6. The fourth-order valence-electron chi connectivity index (χ4n) is 6.45. The van der Waals surface area contributed by atoms with E-state index < -0.39 is 47.7 Å². The summed E-state index contributed by atoms with van der Waals surface area (Å²) in [5.74, 6) is -0.636. The third kappa shape index (κ3) is 6.43. The summed E-state index contributed by atoms with van der Waals surface area (Å²) in [5.41, 5.74) is 2.30. The number of carboxylic acids is 1. The first-order valence-electron chi connectivity index (χ1n) is 14.4. The van der Waals surface area contributed by atoms with E-state index in [1.807, 2.05) is 57.3 Å². The fourth-order valence-corrected chi connectivity index (χ4v) is 6.45. The van der Waals surface area contributed by atoms with Crippen LogP contribution in [0.2, 0.25) is 0 Å². The van der Waals surface area contributed by atoms with Gasteiger partial charge in [-0.15, -0.1) is 0 Å². The van der Waals surface area contributed by atoms with Crippen molar-refractivity contribution in [2.75, 3.05) is 7.11 Å². The minimum Gasteiger partial charge on any atom is -0.481 e. The number of ether oxygens (including phenoxy) is 3. The van der Waals surface area contributed by atoms with Crippen LogP contribution >= 0.6 is 0 Å². The first kappa shape index (κ1) is 29.8. The van der Waals surface area contributed by atoms with Gasteiger partial charge in [-0.25, -0.2) is 14.6 Å². The molecule has 0 unspecified atom stereocenters. The Kier molecular flexibility index (Phi) is 9.39. The van der Waals surface area contributed by atoms with Crippen molar-refractivity contribution in [1.82, 2.24) is 9.88 Å². The predicted molar refractivity (Wildman–Crippen MR) is 152 cm³/mol. The molecule has 4 rings (SSSR count). The van der Waals surface area contributed by atoms with E-state index in [0.717, 1.165) is 24.0 Å². The van der Waals surface area contributed by atoms with Crippen LogP contribution < -0.4 is 4.74 Å². The van der Waals surface area contributed by atoms with Crippen LogP contribution in [0, 0.1) is 11.3 Å². The molecule has 218 valence electrons. The van der Waals surface area contributed by atoms with Crippen molar-refractivity contribution in [3.63, 3.8) is 0 Å². The van der Waals surface area contributed by atoms with Gasteiger partial charge >= 0.3 is 12.1 Å². The maximum atomic E-state index is 13.5. The van der Waals surface area contributed by atoms with Gasteiger partial charge < -0.3 is 19.3 Å². The molecule has 1 aliphatic heterocycles. The largest absolute Gasteiger partial charge is 0.481 e. The summed E-state index contributed by atoms with van der Waals surface area (Å²) in [6.07, 6.45) is 6.23. The Morgan fingerprint density at radius 2 is 1.75 bits per heavy atom. The molecule has 0 bridgehead atoms. The molecule has 4 atom stereocenters. The van der Waals surface area contributed by atoms with E-state index in [1.54, 1.807) is 21.0 Å². The zero-order valence-electron chi connectivity index (χ0n) is 24.6. The van der Waals surface area contributed by atoms with Crippen LogP contribution in [0.5, 0.6) is 5.88 Å². The summed E-state index contributed by atoms with van der Waals surface area (Å²) in [7, 11) is 1.59. The molecule has 1 aliphatic carbocycles. The third-order valence-electron chi connectivity index (χ3n) is 8.19. The lowest BCUT2D eigenvalue weighted by Gasteiger charge is -2.34. The molecule has 0 radical (unpaired) electrons. The molecule has 2 aliphatic rings. The van der Waals surface area contributed by atoms with Crippen LogP contribution in [0.15, 0.2) is 42.6 Å². The number of carboxylic acid groups (broad SMARTS) is 1. The van der Waals surface area contributed by atoms with Gasteiger partial charge in [-0.1, -0.05) is 70.4 Å². The number of carbonyl (C=O) groups excluding carboxylic acids is 1. The summed E-state index contributed by atoms with van der Waals surface area (Å²) in [6.45, 7) is 9.68. The Morgan fingerprint density at radius 1 is 1.07 bits per heavy atom. The molecule has 2 fully saturated rings. The molecule has 8 nitrogen and oxygen atoms in total. The van der Waals surface area contributed by atoms with Gasteiger partial charge in [-0.3, -0.25) is 4.90 Å². The van der Waals surface area contributed by atoms with Gasteiger partial charge in [0.2, 0.25) is 5.88 Å². The third-order valence-corrected chi connectivity index (χ3v) is 8.19. The van der Waals surface area contributed by atoms with Crippen LogP contribution in [-0.2, 0) is 20.9 Å². The summed E-state index contributed by atoms with van der Waals surface area (Å²) in [5, 5.41) is 10.5. The molecule has 1 aromatic carbocycles. The van der Waals surface area contributed by atoms with Crippen LogP contribution in [0.4, 0.5) is 4.79 Å². The standard InChI is InChI=1S/C32H44N2O6/c1-20(2)40-31(37)34-26(22-15-11-8-12-16-22)28(25(32(3,4)5)27(34)30(35)36)39-19-24-17-23(18-33-29(24)38-6)21-13-9-7-10-14-21/h8,11-12,15-18,20-21,25-28H,7,9-10,13-14,19H2,1-6H3,(H,35,36)/t25-,26+,27+,28+/m1/s1. The highest BCUT2D eigenvalue weighted by molar-refractivity contribution is 5.82. The average molecular weight is 553 g/mol. The second-order valence-corrected chi connectivity index (χ2v) is 12.4. The molecule has 1 saturated carbocycles. The van der Waals surface area contributed by atoms with E-state index in [2.05, 4.69) is 11.1 Å². The Morgan fingerprint density at radius 3 is 2.33 bits per heavy atom. The number of carbonyl (C=O) groups is 2. The summed E-state index contributed by atoms with van der Waals surface area (Å²) in [4.78, 5) is 32.3. The Labute approximate surface area is 238 Å². The van der Waals surface area contributed by atoms with E-state index in [9.17, 15) is 14.7 Å². The average Bonchev–Trinajstić information content (AvgIpc) is 3.29. The van der Waals surface area contributed by atoms with Crippen LogP contribution in [0.1, 0.15) is 95.4 Å². The lowest BCUT2D eigenvalue weighted by molar-refractivity contribution is -0.145. The molecule has 40 heavy (non-hydrogen) atoms. The Hall–Kier alpha value is -3.13. The zero-order chi connectivity index (χ0) is 29.0. The van der Waals surface area contributed by atoms with E-state index >= 15 is 0 Å². The van der Waals surface area contributed by atoms with Gasteiger partial charge in [0.1, 0.15) is 6.04 Å². The van der Waals surface area contributed by atoms with E-state index in [4.69, 9.17) is 14.2 Å². The number of pyridine rings is 1. The van der Waals surface area contributed by atoms with Crippen molar-refractivity contribution < 1.29 is 28.9 Å². The number of hydrogen-bond donors (Lipinski definition) is 1. The first-order valence-corrected chi connectivity index (χ1v) is 14.4. The highest BCUT2D eigenvalue weighted by Gasteiger charge is 2.59. The predicted octanol–water partition coefficient (Wildman–Crippen LogP) is 6.74. The maximum absolute atomic E-state index is 13.5. The number of likely N-dealkylation sites (tertiary alicyclic amines) is 1. The lowest BCUT2D eigenvalue weighted by Crippen LogP contribution is -2.47. The number of benzene rings is 1. The molecular formula is C32H44N2O6. The Balaban J connectivity index is 1.76. The van der Waals surface area contributed by atoms with Crippen LogP contribution in [0.3, 0.4) is 0 Å². The topological polar surface area (TPSA) is 98.2 Å². The maximum Gasteiger partial charge on any atom is 0.411 e. The minimum atomic E-state index is -1.13. The van der Waals surface area contributed by atoms with Gasteiger partial charge in [0, 0.05) is 17.7 Å². The number of rotatable bonds is 8. The second-order valence-electron chi connectivity index (χ2n) is 12.4. The molecule has 0 spiro atoms. The van der Waals surface area contributed by atoms with Crippen molar-refractivity contribution in [3.05, 3.63) is 59.3 Å². The quantitative estimate of drug-likeness (QED) is 0.387. The van der Waals surface area contributed by atoms with Gasteiger partial charge in [0.25, 0.3) is 0 Å². The summed E-state index contributed by atoms with van der Waals surface area (Å²) in [6, 6.07) is 9.83. The molecule has 8 heteroatoms. The number of aliphatic carboxylic acids is 1. The van der Waals surface area contributed by atoms with Crippen LogP contribution in [0.25, 0.3) is 0 Å². The van der Waals surface area contributed by atoms with E-state index in [0.29, 0.717) is 11.8 Å². The first-order chi connectivity index (χ1) is 19.0. The highest BCUT2D eigenvalue weighted by Crippen LogP contribution is 2.50. The molecule has 2 aromatic rings. The number of nitrogens with zero attached hydrogens (tertiary/aromatic N) is 2. The SMILES string of the molecule is COc1ncc(C2CCCCC2)cc1CO[C@H]1[C@H](C(C)(C)C)[C@@H](C(=O)O)N(C(=O)OC(C)C)[C@H]1c1ccccc1. The van der Waals surface area contributed by atoms with E-state index in [1.165, 1.54) is 29.7 Å². The molecule has 1 aromatic heterocycles. The van der Waals surface area contributed by atoms with E-state index in [-0.39, 0.29) is 6.61 Å². The summed E-state index contributed by atoms with van der Waals surface area (Å²) >= 11 is 0. The molecule has 1 amide bonds. The monoisotopic (exact) mass is 552 g/mol. The zero-order valence-corrected chi connectivity index (χ0v) is 24.6. The van der Waals surface area contributed by atoms with Crippen molar-refractivity contribution in [1.29, 1.82) is 0 Å². The van der Waals surface area contributed by atoms with Crippen molar-refractivity contribution in [3.8, 4) is 5.88 Å². The van der Waals surface area contributed by atoms with Gasteiger partial charge in [-0.2, -0.15) is 0 Å². The molecule has 1 saturated heterocycles. The minimum absolute atomic E-state index is 0.177. The van der Waals surface area contributed by atoms with Gasteiger partial charge in [0.15, 0.2) is 0 Å². The number of methoxy groups -OCH3 is 1. The summed E-state index contributed by atoms with van der Waals surface area (Å²) < 4.78 is 17.9. The van der Waals surface area contributed by atoms with Gasteiger partial charge in [-0.05, 0) is 55.2 Å². The normalized spacial score (nSPS) is 23.8. The number of amides is 1. The van der Waals surface area contributed by atoms with Crippen LogP contribution in [-0.4, -0.2) is 52.4 Å². The molecular weight excluding hydrogens is 508 g/mol. The number of aromatic nitrogens is 1. The number of hydrogen-bond acceptors (Lipinski definition) is 6. The lowest BCUT2D eigenvalue weighted by atomic mass is 9.73. The Bertz CT molecular complexity index is 1160. The van der Waals surface area contributed by atoms with Crippen molar-refractivity contribution in [2.45, 2.75) is 104 Å². The molecule has 2 heterocycles. The second kappa shape index (κ2) is 12.6. The fraction of sp³-hybridized carbons (Fsp3) is 0.594. The molecule has 1 N–H and O–H groups in total.